The molecule has 0 amide bonds. The summed E-state index contributed by atoms with van der Waals surface area (Å²) in [4.78, 5) is 10.2. The number of rotatable bonds is 6. The fourth-order valence-corrected chi connectivity index (χ4v) is 1.52. The van der Waals surface area contributed by atoms with Gasteiger partial charge in [-0.15, -0.1) is 0 Å². The Bertz CT molecular complexity index is 436. The van der Waals surface area contributed by atoms with Crippen molar-refractivity contribution >= 4 is 11.4 Å². The van der Waals surface area contributed by atoms with E-state index >= 15 is 0 Å². The molecule has 0 atom stereocenters. The van der Waals surface area contributed by atoms with E-state index < -0.39 is 10.7 Å². The highest BCUT2D eigenvalue weighted by Gasteiger charge is 2.16. The number of nitro groups is 1. The van der Waals surface area contributed by atoms with Crippen LogP contribution in [0.2, 0.25) is 0 Å². The van der Waals surface area contributed by atoms with Gasteiger partial charge in [0.2, 0.25) is 0 Å². The first kappa shape index (κ1) is 14.4. The molecule has 0 aromatic heterocycles. The van der Waals surface area contributed by atoms with E-state index in [9.17, 15) is 14.5 Å². The number of aryl methyl sites for hydroxylation is 1. The Hall–Kier alpha value is -1.69. The molecule has 1 aromatic carbocycles. The molecule has 1 rings (SSSR count). The van der Waals surface area contributed by atoms with E-state index in [1.807, 2.05) is 13.8 Å². The monoisotopic (exact) mass is 255 g/mol. The third-order valence-corrected chi connectivity index (χ3v) is 2.47. The lowest BCUT2D eigenvalue weighted by Gasteiger charge is -2.11. The number of anilines is 1. The molecule has 0 aliphatic heterocycles. The molecule has 0 unspecified atom stereocenters. The van der Waals surface area contributed by atoms with Gasteiger partial charge < -0.3 is 10.6 Å². The van der Waals surface area contributed by atoms with Crippen molar-refractivity contribution in [2.24, 2.45) is 0 Å². The molecule has 0 fully saturated rings. The maximum atomic E-state index is 13.3. The van der Waals surface area contributed by atoms with Crippen LogP contribution in [-0.2, 0) is 0 Å². The summed E-state index contributed by atoms with van der Waals surface area (Å²) in [5.41, 5.74) is 0.507. The van der Waals surface area contributed by atoms with Gasteiger partial charge in [0, 0.05) is 19.1 Å². The highest BCUT2D eigenvalue weighted by Crippen LogP contribution is 2.27. The summed E-state index contributed by atoms with van der Waals surface area (Å²) in [5.74, 6) is -0.562. The van der Waals surface area contributed by atoms with E-state index in [2.05, 4.69) is 10.6 Å². The number of nitro benzene ring substituents is 1. The number of nitrogens with zero attached hydrogens (tertiary/aromatic N) is 1. The van der Waals surface area contributed by atoms with Gasteiger partial charge in [-0.05, 0) is 18.6 Å². The third kappa shape index (κ3) is 3.96. The van der Waals surface area contributed by atoms with E-state index in [1.54, 1.807) is 6.92 Å². The SMILES string of the molecule is Cc1cc(NCCNC(C)C)c([N+](=O)[O-])cc1F. The van der Waals surface area contributed by atoms with E-state index in [-0.39, 0.29) is 5.69 Å². The van der Waals surface area contributed by atoms with Crippen molar-refractivity contribution in [3.8, 4) is 0 Å². The summed E-state index contributed by atoms with van der Waals surface area (Å²) in [7, 11) is 0. The third-order valence-electron chi connectivity index (χ3n) is 2.47. The van der Waals surface area contributed by atoms with Gasteiger partial charge >= 0.3 is 0 Å². The molecule has 0 aliphatic rings. The molecule has 0 radical (unpaired) electrons. The van der Waals surface area contributed by atoms with Crippen molar-refractivity contribution in [2.75, 3.05) is 18.4 Å². The largest absolute Gasteiger partial charge is 0.378 e. The fraction of sp³-hybridized carbons (Fsp3) is 0.500. The molecule has 5 nitrogen and oxygen atoms in total. The van der Waals surface area contributed by atoms with Crippen molar-refractivity contribution in [1.82, 2.24) is 5.32 Å². The van der Waals surface area contributed by atoms with Crippen LogP contribution < -0.4 is 10.6 Å². The van der Waals surface area contributed by atoms with Gasteiger partial charge in [-0.25, -0.2) is 4.39 Å². The Kier molecular flexibility index (Phi) is 5.03. The first-order chi connectivity index (χ1) is 8.41. The van der Waals surface area contributed by atoms with Gasteiger partial charge in [0.15, 0.2) is 0 Å². The number of hydrogen-bond acceptors (Lipinski definition) is 4. The summed E-state index contributed by atoms with van der Waals surface area (Å²) in [5, 5.41) is 16.9. The van der Waals surface area contributed by atoms with Crippen LogP contribution in [0, 0.1) is 22.9 Å². The highest BCUT2D eigenvalue weighted by atomic mass is 19.1. The zero-order chi connectivity index (χ0) is 13.7. The lowest BCUT2D eigenvalue weighted by Crippen LogP contribution is -2.28. The van der Waals surface area contributed by atoms with E-state index in [4.69, 9.17) is 0 Å². The Morgan fingerprint density at radius 2 is 2.06 bits per heavy atom. The fourth-order valence-electron chi connectivity index (χ4n) is 1.52. The van der Waals surface area contributed by atoms with Crippen LogP contribution in [0.4, 0.5) is 15.8 Å². The van der Waals surface area contributed by atoms with Gasteiger partial charge in [0.1, 0.15) is 11.5 Å². The summed E-state index contributed by atoms with van der Waals surface area (Å²) in [6.07, 6.45) is 0. The van der Waals surface area contributed by atoms with Crippen LogP contribution in [0.15, 0.2) is 12.1 Å². The maximum Gasteiger partial charge on any atom is 0.295 e. The second-order valence-electron chi connectivity index (χ2n) is 4.41. The van der Waals surface area contributed by atoms with Crippen LogP contribution in [0.5, 0.6) is 0 Å². The molecule has 18 heavy (non-hydrogen) atoms. The maximum absolute atomic E-state index is 13.3. The molecule has 0 heterocycles. The van der Waals surface area contributed by atoms with Crippen molar-refractivity contribution in [3.63, 3.8) is 0 Å². The van der Waals surface area contributed by atoms with Crippen LogP contribution in [0.25, 0.3) is 0 Å². The molecular weight excluding hydrogens is 237 g/mol. The van der Waals surface area contributed by atoms with E-state index in [1.165, 1.54) is 6.07 Å². The topological polar surface area (TPSA) is 67.2 Å². The predicted octanol–water partition coefficient (Wildman–Crippen LogP) is 2.45. The molecule has 100 valence electrons. The zero-order valence-electron chi connectivity index (χ0n) is 10.8. The Balaban J connectivity index is 2.74. The molecule has 6 heteroatoms. The molecule has 0 aliphatic carbocycles. The Labute approximate surface area is 106 Å². The minimum absolute atomic E-state index is 0.234. The lowest BCUT2D eigenvalue weighted by molar-refractivity contribution is -0.384. The molecule has 2 N–H and O–H groups in total. The number of halogens is 1. The summed E-state index contributed by atoms with van der Waals surface area (Å²) >= 11 is 0. The average molecular weight is 255 g/mol. The molecule has 1 aromatic rings. The predicted molar refractivity (Wildman–Crippen MR) is 69.4 cm³/mol. The first-order valence-electron chi connectivity index (χ1n) is 5.83. The Morgan fingerprint density at radius 3 is 2.61 bits per heavy atom. The second kappa shape index (κ2) is 6.30. The summed E-state index contributed by atoms with van der Waals surface area (Å²) < 4.78 is 13.3. The van der Waals surface area contributed by atoms with Crippen LogP contribution >= 0.6 is 0 Å². The molecule has 0 bridgehead atoms. The minimum Gasteiger partial charge on any atom is -0.378 e. The van der Waals surface area contributed by atoms with Crippen LogP contribution in [0.1, 0.15) is 19.4 Å². The molecule has 0 saturated heterocycles. The molecule has 0 saturated carbocycles. The highest BCUT2D eigenvalue weighted by molar-refractivity contribution is 5.63. The molecular formula is C12H18FN3O2. The van der Waals surface area contributed by atoms with Crippen molar-refractivity contribution in [3.05, 3.63) is 33.6 Å². The number of hydrogen-bond donors (Lipinski definition) is 2. The molecule has 0 spiro atoms. The van der Waals surface area contributed by atoms with Crippen molar-refractivity contribution in [1.29, 1.82) is 0 Å². The van der Waals surface area contributed by atoms with Crippen molar-refractivity contribution < 1.29 is 9.31 Å². The van der Waals surface area contributed by atoms with Gasteiger partial charge in [-0.3, -0.25) is 10.1 Å². The van der Waals surface area contributed by atoms with Crippen LogP contribution in [-0.4, -0.2) is 24.1 Å². The van der Waals surface area contributed by atoms with Gasteiger partial charge in [-0.2, -0.15) is 0 Å². The average Bonchev–Trinajstić information content (AvgIpc) is 2.28. The van der Waals surface area contributed by atoms with Gasteiger partial charge in [0.05, 0.1) is 11.0 Å². The van der Waals surface area contributed by atoms with Gasteiger partial charge in [0.25, 0.3) is 5.69 Å². The van der Waals surface area contributed by atoms with E-state index in [0.717, 1.165) is 6.07 Å². The quantitative estimate of drug-likeness (QED) is 0.465. The minimum atomic E-state index is -0.583. The van der Waals surface area contributed by atoms with Crippen LogP contribution in [0.3, 0.4) is 0 Å². The van der Waals surface area contributed by atoms with Crippen molar-refractivity contribution in [2.45, 2.75) is 26.8 Å². The zero-order valence-corrected chi connectivity index (χ0v) is 10.8. The first-order valence-corrected chi connectivity index (χ1v) is 5.83. The summed E-state index contributed by atoms with van der Waals surface area (Å²) in [6.45, 7) is 6.85. The van der Waals surface area contributed by atoms with Gasteiger partial charge in [-0.1, -0.05) is 13.8 Å². The lowest BCUT2D eigenvalue weighted by atomic mass is 10.2. The smallest absolute Gasteiger partial charge is 0.295 e. The number of benzene rings is 1. The van der Waals surface area contributed by atoms with E-state index in [0.29, 0.717) is 30.4 Å². The second-order valence-corrected chi connectivity index (χ2v) is 4.41. The normalized spacial score (nSPS) is 10.7. The number of nitrogens with one attached hydrogen (secondary N) is 2. The Morgan fingerprint density at radius 1 is 1.39 bits per heavy atom. The summed E-state index contributed by atoms with van der Waals surface area (Å²) in [6, 6.07) is 2.77. The standard InChI is InChI=1S/C12H18FN3O2/c1-8(2)14-4-5-15-11-6-9(3)10(13)7-12(11)16(17)18/h6-8,14-15H,4-5H2,1-3H3.